The van der Waals surface area contributed by atoms with Crippen molar-refractivity contribution < 1.29 is 19.5 Å². The summed E-state index contributed by atoms with van der Waals surface area (Å²) in [6.45, 7) is 0.786. The highest BCUT2D eigenvalue weighted by molar-refractivity contribution is 5.97. The lowest BCUT2D eigenvalue weighted by atomic mass is 10.0. The summed E-state index contributed by atoms with van der Waals surface area (Å²) in [5, 5.41) is 15.4. The standard InChI is InChI=1S/C28H29N3O4/c32-26(29-17-16-20-10-4-1-5-11-20)23(18-21-12-6-2-7-13-21)30-27(33)24-25(28(34)35)31(24)19-22-14-8-3-9-15-22/h1-15,23-25H,16-19H2,(H,29,32)(H,30,33)(H,34,35)/t23-,24-,25-,31?/m0/s1. The van der Waals surface area contributed by atoms with Gasteiger partial charge in [0, 0.05) is 19.5 Å². The molecule has 3 aromatic carbocycles. The zero-order valence-corrected chi connectivity index (χ0v) is 19.3. The molecule has 0 radical (unpaired) electrons. The molecule has 0 saturated carbocycles. The molecule has 1 saturated heterocycles. The molecule has 7 heteroatoms. The molecular weight excluding hydrogens is 442 g/mol. The van der Waals surface area contributed by atoms with Gasteiger partial charge in [0.25, 0.3) is 0 Å². The van der Waals surface area contributed by atoms with E-state index in [0.29, 0.717) is 25.9 Å². The molecule has 35 heavy (non-hydrogen) atoms. The molecule has 1 heterocycles. The number of carbonyl (C=O) groups is 3. The second-order valence-corrected chi connectivity index (χ2v) is 8.66. The summed E-state index contributed by atoms with van der Waals surface area (Å²) in [4.78, 5) is 39.6. The van der Waals surface area contributed by atoms with E-state index in [9.17, 15) is 19.5 Å². The molecule has 1 aliphatic heterocycles. The fraction of sp³-hybridized carbons (Fsp3) is 0.250. The molecule has 2 amide bonds. The highest BCUT2D eigenvalue weighted by Gasteiger charge is 2.57. The number of rotatable bonds is 11. The lowest BCUT2D eigenvalue weighted by Gasteiger charge is -2.19. The normalized spacial score (nSPS) is 19.4. The topological polar surface area (TPSA) is 98.5 Å². The van der Waals surface area contributed by atoms with E-state index >= 15 is 0 Å². The molecule has 0 aliphatic carbocycles. The fourth-order valence-corrected chi connectivity index (χ4v) is 4.25. The number of carboxylic acids is 1. The molecule has 180 valence electrons. The third kappa shape index (κ3) is 6.55. The Balaban J connectivity index is 1.41. The zero-order chi connectivity index (χ0) is 24.6. The van der Waals surface area contributed by atoms with Crippen molar-refractivity contribution in [3.63, 3.8) is 0 Å². The summed E-state index contributed by atoms with van der Waals surface area (Å²) < 4.78 is 0. The number of nitrogens with zero attached hydrogens (tertiary/aromatic N) is 1. The lowest BCUT2D eigenvalue weighted by Crippen LogP contribution is -2.50. The van der Waals surface area contributed by atoms with Crippen LogP contribution in [0.3, 0.4) is 0 Å². The van der Waals surface area contributed by atoms with Crippen LogP contribution in [0.1, 0.15) is 16.7 Å². The van der Waals surface area contributed by atoms with Gasteiger partial charge < -0.3 is 15.7 Å². The van der Waals surface area contributed by atoms with Crippen molar-refractivity contribution in [1.82, 2.24) is 15.5 Å². The maximum absolute atomic E-state index is 13.1. The number of carboxylic acid groups (broad SMARTS) is 1. The van der Waals surface area contributed by atoms with E-state index in [0.717, 1.165) is 16.7 Å². The van der Waals surface area contributed by atoms with Crippen molar-refractivity contribution in [3.05, 3.63) is 108 Å². The van der Waals surface area contributed by atoms with Gasteiger partial charge in [-0.3, -0.25) is 19.3 Å². The quantitative estimate of drug-likeness (QED) is 0.373. The Hall–Kier alpha value is -3.97. The van der Waals surface area contributed by atoms with Gasteiger partial charge in [-0.15, -0.1) is 0 Å². The van der Waals surface area contributed by atoms with Crippen LogP contribution >= 0.6 is 0 Å². The van der Waals surface area contributed by atoms with E-state index in [-0.39, 0.29) is 5.91 Å². The number of benzene rings is 3. The van der Waals surface area contributed by atoms with Crippen molar-refractivity contribution in [1.29, 1.82) is 0 Å². The van der Waals surface area contributed by atoms with Crippen LogP contribution in [-0.4, -0.2) is 52.5 Å². The number of hydrogen-bond donors (Lipinski definition) is 3. The summed E-state index contributed by atoms with van der Waals surface area (Å²) in [5.41, 5.74) is 2.94. The first-order valence-corrected chi connectivity index (χ1v) is 11.7. The van der Waals surface area contributed by atoms with Crippen molar-refractivity contribution in [2.45, 2.75) is 37.5 Å². The van der Waals surface area contributed by atoms with Gasteiger partial charge in [-0.2, -0.15) is 0 Å². The Morgan fingerprint density at radius 1 is 0.771 bits per heavy atom. The van der Waals surface area contributed by atoms with E-state index in [1.54, 1.807) is 4.90 Å². The van der Waals surface area contributed by atoms with Crippen LogP contribution in [0.5, 0.6) is 0 Å². The third-order valence-electron chi connectivity index (χ3n) is 6.12. The summed E-state index contributed by atoms with van der Waals surface area (Å²) >= 11 is 0. The summed E-state index contributed by atoms with van der Waals surface area (Å²) in [5.74, 6) is -1.79. The average molecular weight is 472 g/mol. The van der Waals surface area contributed by atoms with Crippen molar-refractivity contribution in [3.8, 4) is 0 Å². The van der Waals surface area contributed by atoms with Gasteiger partial charge >= 0.3 is 5.97 Å². The maximum atomic E-state index is 13.1. The first kappa shape index (κ1) is 24.2. The number of amides is 2. The molecule has 0 spiro atoms. The minimum atomic E-state index is -1.05. The van der Waals surface area contributed by atoms with E-state index in [4.69, 9.17) is 0 Å². The SMILES string of the molecule is O=C(NCCc1ccccc1)[C@H](Cc1ccccc1)NC(=O)[C@@H]1[C@@H](C(=O)O)N1Cc1ccccc1. The first-order chi connectivity index (χ1) is 17.0. The summed E-state index contributed by atoms with van der Waals surface area (Å²) in [6.07, 6.45) is 0.986. The minimum absolute atomic E-state index is 0.291. The number of hydrogen-bond acceptors (Lipinski definition) is 4. The van der Waals surface area contributed by atoms with Crippen molar-refractivity contribution in [2.24, 2.45) is 0 Å². The Morgan fingerprint density at radius 2 is 1.31 bits per heavy atom. The van der Waals surface area contributed by atoms with Gasteiger partial charge in [0.15, 0.2) is 0 Å². The minimum Gasteiger partial charge on any atom is -0.480 e. The molecule has 1 unspecified atom stereocenters. The largest absolute Gasteiger partial charge is 0.480 e. The van der Waals surface area contributed by atoms with Crippen LogP contribution in [0, 0.1) is 0 Å². The Kier molecular flexibility index (Phi) is 7.90. The number of carbonyl (C=O) groups excluding carboxylic acids is 2. The molecule has 3 aromatic rings. The Morgan fingerprint density at radius 3 is 1.89 bits per heavy atom. The number of aliphatic carboxylic acids is 1. The molecule has 7 nitrogen and oxygen atoms in total. The van der Waals surface area contributed by atoms with Gasteiger partial charge in [-0.05, 0) is 23.1 Å². The van der Waals surface area contributed by atoms with Gasteiger partial charge in [0.1, 0.15) is 18.1 Å². The van der Waals surface area contributed by atoms with E-state index in [2.05, 4.69) is 10.6 Å². The Bertz CT molecular complexity index is 1140. The second-order valence-electron chi connectivity index (χ2n) is 8.66. The number of nitrogens with one attached hydrogen (secondary N) is 2. The summed E-state index contributed by atoms with van der Waals surface area (Å²) in [6, 6.07) is 26.2. The maximum Gasteiger partial charge on any atom is 0.323 e. The van der Waals surface area contributed by atoms with Gasteiger partial charge in [-0.1, -0.05) is 91.0 Å². The van der Waals surface area contributed by atoms with Crippen LogP contribution in [-0.2, 0) is 33.8 Å². The molecule has 0 aromatic heterocycles. The van der Waals surface area contributed by atoms with E-state index in [1.807, 2.05) is 91.0 Å². The molecule has 3 N–H and O–H groups in total. The van der Waals surface area contributed by atoms with Crippen molar-refractivity contribution >= 4 is 17.8 Å². The molecule has 1 aliphatic rings. The van der Waals surface area contributed by atoms with E-state index in [1.165, 1.54) is 0 Å². The predicted octanol–water partition coefficient (Wildman–Crippen LogP) is 2.41. The highest BCUT2D eigenvalue weighted by Crippen LogP contribution is 2.31. The van der Waals surface area contributed by atoms with Gasteiger partial charge in [0.2, 0.25) is 11.8 Å². The predicted molar refractivity (Wildman–Crippen MR) is 132 cm³/mol. The van der Waals surface area contributed by atoms with Crippen LogP contribution in [0.2, 0.25) is 0 Å². The zero-order valence-electron chi connectivity index (χ0n) is 19.3. The molecule has 1 fully saturated rings. The van der Waals surface area contributed by atoms with Crippen LogP contribution < -0.4 is 10.6 Å². The smallest absolute Gasteiger partial charge is 0.323 e. The third-order valence-corrected chi connectivity index (χ3v) is 6.12. The van der Waals surface area contributed by atoms with Crippen LogP contribution in [0.25, 0.3) is 0 Å². The van der Waals surface area contributed by atoms with Crippen LogP contribution in [0.4, 0.5) is 0 Å². The van der Waals surface area contributed by atoms with Crippen molar-refractivity contribution in [2.75, 3.05) is 6.54 Å². The average Bonchev–Trinajstić information content (AvgIpc) is 3.59. The van der Waals surface area contributed by atoms with Crippen LogP contribution in [0.15, 0.2) is 91.0 Å². The van der Waals surface area contributed by atoms with Gasteiger partial charge in [0.05, 0.1) is 0 Å². The monoisotopic (exact) mass is 471 g/mol. The van der Waals surface area contributed by atoms with Gasteiger partial charge in [-0.25, -0.2) is 0 Å². The molecular formula is C28H29N3O4. The second kappa shape index (κ2) is 11.4. The summed E-state index contributed by atoms with van der Waals surface area (Å²) in [7, 11) is 0. The highest BCUT2D eigenvalue weighted by atomic mass is 16.4. The first-order valence-electron chi connectivity index (χ1n) is 11.7. The molecule has 0 bridgehead atoms. The Labute approximate surface area is 204 Å². The van der Waals surface area contributed by atoms with E-state index < -0.39 is 30.0 Å². The molecule has 4 rings (SSSR count). The lowest BCUT2D eigenvalue weighted by molar-refractivity contribution is -0.137. The molecule has 4 atom stereocenters. The fourth-order valence-electron chi connectivity index (χ4n) is 4.25.